The molecule has 11 nitrogen and oxygen atoms in total. The van der Waals surface area contributed by atoms with Crippen molar-refractivity contribution in [2.24, 2.45) is 11.7 Å². The molecule has 0 spiro atoms. The minimum Gasteiger partial charge on any atom is -0.480 e. The molecule has 1 rings (SSSR count). The highest BCUT2D eigenvalue weighted by Crippen LogP contribution is 2.08. The maximum atomic E-state index is 13.0. The zero-order chi connectivity index (χ0) is 25.7. The number of amides is 3. The number of thioether (sulfide) groups is 2. The van der Waals surface area contributed by atoms with E-state index in [0.717, 1.165) is 0 Å². The molecule has 4 atom stereocenters. The minimum atomic E-state index is -1.13. The molecule has 192 valence electrons. The van der Waals surface area contributed by atoms with Gasteiger partial charge in [0.25, 0.3) is 0 Å². The van der Waals surface area contributed by atoms with E-state index in [2.05, 4.69) is 25.9 Å². The molecule has 13 heteroatoms. The van der Waals surface area contributed by atoms with Crippen molar-refractivity contribution >= 4 is 47.2 Å². The lowest BCUT2D eigenvalue weighted by Gasteiger charge is -2.27. The molecule has 1 heterocycles. The molecule has 0 aliphatic rings. The second-order valence-corrected chi connectivity index (χ2v) is 10.1. The third-order valence-corrected chi connectivity index (χ3v) is 6.34. The van der Waals surface area contributed by atoms with Gasteiger partial charge >= 0.3 is 5.97 Å². The Labute approximate surface area is 208 Å². The summed E-state index contributed by atoms with van der Waals surface area (Å²) in [4.78, 5) is 56.8. The summed E-state index contributed by atoms with van der Waals surface area (Å²) >= 11 is 2.98. The number of rotatable bonds is 16. The normalized spacial score (nSPS) is 14.6. The molecule has 0 aliphatic carbocycles. The molecule has 0 bridgehead atoms. The van der Waals surface area contributed by atoms with Crippen LogP contribution in [0.1, 0.15) is 32.4 Å². The van der Waals surface area contributed by atoms with Gasteiger partial charge in [0.2, 0.25) is 17.7 Å². The number of carbonyl (C=O) groups excluding carboxylic acids is 3. The van der Waals surface area contributed by atoms with E-state index in [1.165, 1.54) is 29.9 Å². The van der Waals surface area contributed by atoms with Crippen LogP contribution < -0.4 is 21.7 Å². The number of aromatic amines is 1. The molecule has 0 aliphatic heterocycles. The molecule has 1 aromatic heterocycles. The van der Waals surface area contributed by atoms with Crippen LogP contribution in [0.5, 0.6) is 0 Å². The monoisotopic (exact) mass is 516 g/mol. The zero-order valence-corrected chi connectivity index (χ0v) is 21.6. The quantitative estimate of drug-likeness (QED) is 0.176. The molecule has 0 saturated heterocycles. The number of hydrogen-bond donors (Lipinski definition) is 6. The van der Waals surface area contributed by atoms with Crippen LogP contribution in [0.25, 0.3) is 0 Å². The maximum absolute atomic E-state index is 13.0. The smallest absolute Gasteiger partial charge is 0.326 e. The van der Waals surface area contributed by atoms with E-state index in [1.807, 2.05) is 12.5 Å². The van der Waals surface area contributed by atoms with Crippen molar-refractivity contribution in [3.63, 3.8) is 0 Å². The van der Waals surface area contributed by atoms with Gasteiger partial charge in [-0.25, -0.2) is 9.78 Å². The summed E-state index contributed by atoms with van der Waals surface area (Å²) in [6, 6.07) is -3.79. The van der Waals surface area contributed by atoms with Gasteiger partial charge in [0, 0.05) is 18.3 Å². The number of nitrogens with one attached hydrogen (secondary N) is 4. The number of nitrogens with zero attached hydrogens (tertiary/aromatic N) is 1. The Hall–Kier alpha value is -2.25. The first-order valence-corrected chi connectivity index (χ1v) is 13.7. The number of carboxylic acid groups (broad SMARTS) is 1. The number of aromatic nitrogens is 2. The van der Waals surface area contributed by atoms with Crippen LogP contribution in [0, 0.1) is 5.92 Å². The highest BCUT2D eigenvalue weighted by molar-refractivity contribution is 7.98. The van der Waals surface area contributed by atoms with Gasteiger partial charge in [-0.1, -0.05) is 13.8 Å². The van der Waals surface area contributed by atoms with Crippen molar-refractivity contribution in [2.75, 3.05) is 24.0 Å². The third-order valence-electron chi connectivity index (χ3n) is 5.05. The fourth-order valence-corrected chi connectivity index (χ4v) is 4.00. The highest BCUT2D eigenvalue weighted by atomic mass is 32.2. The van der Waals surface area contributed by atoms with Gasteiger partial charge in [-0.2, -0.15) is 23.5 Å². The lowest BCUT2D eigenvalue weighted by Crippen LogP contribution is -2.58. The van der Waals surface area contributed by atoms with Crippen LogP contribution in [0.15, 0.2) is 12.5 Å². The number of H-pyrrole nitrogens is 1. The number of carbonyl (C=O) groups is 4. The average Bonchev–Trinajstić information content (AvgIpc) is 3.29. The number of imidazole rings is 1. The van der Waals surface area contributed by atoms with Crippen molar-refractivity contribution in [1.82, 2.24) is 25.9 Å². The van der Waals surface area contributed by atoms with Crippen LogP contribution in [0.3, 0.4) is 0 Å². The molecule has 3 amide bonds. The Morgan fingerprint density at radius 2 is 1.59 bits per heavy atom. The lowest BCUT2D eigenvalue weighted by atomic mass is 10.0. The molecule has 0 fully saturated rings. The first-order valence-electron chi connectivity index (χ1n) is 10.9. The molecule has 0 aromatic carbocycles. The summed E-state index contributed by atoms with van der Waals surface area (Å²) in [5, 5.41) is 17.3. The van der Waals surface area contributed by atoms with E-state index in [9.17, 15) is 24.3 Å². The largest absolute Gasteiger partial charge is 0.480 e. The summed E-state index contributed by atoms with van der Waals surface area (Å²) in [5.74, 6) is -1.86. The standard InChI is InChI=1S/C21H36N6O5S2/c1-12(2)17(27-18(28)14(22)9-13-10-23-11-24-13)20(30)25-15(5-7-33-3)19(29)26-16(21(31)32)6-8-34-4/h10-12,14-17H,5-9,22H2,1-4H3,(H,23,24)(H,25,30)(H,26,29)(H,27,28)(H,31,32). The van der Waals surface area contributed by atoms with Crippen molar-refractivity contribution in [3.05, 3.63) is 18.2 Å². The van der Waals surface area contributed by atoms with Crippen molar-refractivity contribution in [1.29, 1.82) is 0 Å². The number of nitrogens with two attached hydrogens (primary N) is 1. The van der Waals surface area contributed by atoms with E-state index in [4.69, 9.17) is 5.73 Å². The Morgan fingerprint density at radius 3 is 2.09 bits per heavy atom. The van der Waals surface area contributed by atoms with Gasteiger partial charge in [0.15, 0.2) is 0 Å². The first-order chi connectivity index (χ1) is 16.1. The van der Waals surface area contributed by atoms with Gasteiger partial charge < -0.3 is 31.8 Å². The van der Waals surface area contributed by atoms with Gasteiger partial charge in [0.05, 0.1) is 12.4 Å². The summed E-state index contributed by atoms with van der Waals surface area (Å²) < 4.78 is 0. The Bertz CT molecular complexity index is 793. The molecular weight excluding hydrogens is 480 g/mol. The Morgan fingerprint density at radius 1 is 1.00 bits per heavy atom. The van der Waals surface area contributed by atoms with Crippen LogP contribution in [0.4, 0.5) is 0 Å². The van der Waals surface area contributed by atoms with Crippen LogP contribution in [0.2, 0.25) is 0 Å². The SMILES string of the molecule is CSCCC(NC(=O)C(CCSC)NC(=O)C(NC(=O)C(N)Cc1cnc[nH]1)C(C)C)C(=O)O. The summed E-state index contributed by atoms with van der Waals surface area (Å²) in [6.45, 7) is 3.54. The van der Waals surface area contributed by atoms with E-state index < -0.39 is 47.9 Å². The molecule has 0 saturated carbocycles. The summed E-state index contributed by atoms with van der Waals surface area (Å²) in [5.41, 5.74) is 6.67. The van der Waals surface area contributed by atoms with Gasteiger partial charge in [0.1, 0.15) is 18.1 Å². The van der Waals surface area contributed by atoms with Gasteiger partial charge in [-0.05, 0) is 42.8 Å². The van der Waals surface area contributed by atoms with E-state index in [0.29, 0.717) is 23.6 Å². The predicted molar refractivity (Wildman–Crippen MR) is 135 cm³/mol. The Balaban J connectivity index is 2.86. The fraction of sp³-hybridized carbons (Fsp3) is 0.667. The van der Waals surface area contributed by atoms with Gasteiger partial charge in [-0.3, -0.25) is 14.4 Å². The summed E-state index contributed by atoms with van der Waals surface area (Å²) in [7, 11) is 0. The molecule has 0 radical (unpaired) electrons. The minimum absolute atomic E-state index is 0.226. The zero-order valence-electron chi connectivity index (χ0n) is 20.0. The number of carboxylic acids is 1. The maximum Gasteiger partial charge on any atom is 0.326 e. The highest BCUT2D eigenvalue weighted by Gasteiger charge is 2.31. The molecular formula is C21H36N6O5S2. The van der Waals surface area contributed by atoms with Crippen molar-refractivity contribution < 1.29 is 24.3 Å². The summed E-state index contributed by atoms with van der Waals surface area (Å²) in [6.07, 6.45) is 7.58. The van der Waals surface area contributed by atoms with Gasteiger partial charge in [-0.15, -0.1) is 0 Å². The van der Waals surface area contributed by atoms with E-state index in [-0.39, 0.29) is 18.8 Å². The van der Waals surface area contributed by atoms with Crippen LogP contribution in [-0.4, -0.2) is 86.9 Å². The van der Waals surface area contributed by atoms with Crippen molar-refractivity contribution in [2.45, 2.75) is 57.3 Å². The lowest BCUT2D eigenvalue weighted by molar-refractivity contribution is -0.142. The molecule has 7 N–H and O–H groups in total. The molecule has 34 heavy (non-hydrogen) atoms. The van der Waals surface area contributed by atoms with Crippen LogP contribution in [-0.2, 0) is 25.6 Å². The second-order valence-electron chi connectivity index (χ2n) is 8.14. The number of hydrogen-bond acceptors (Lipinski definition) is 8. The number of aliphatic carboxylic acids is 1. The first kappa shape index (κ1) is 29.8. The fourth-order valence-electron chi connectivity index (χ4n) is 3.05. The van der Waals surface area contributed by atoms with Crippen molar-refractivity contribution in [3.8, 4) is 0 Å². The second kappa shape index (κ2) is 15.6. The van der Waals surface area contributed by atoms with Crippen LogP contribution >= 0.6 is 23.5 Å². The topological polar surface area (TPSA) is 179 Å². The van der Waals surface area contributed by atoms with E-state index in [1.54, 1.807) is 20.0 Å². The third kappa shape index (κ3) is 10.3. The average molecular weight is 517 g/mol. The predicted octanol–water partition coefficient (Wildman–Crippen LogP) is -0.0193. The Kier molecular flexibility index (Phi) is 13.7. The molecule has 4 unspecified atom stereocenters. The van der Waals surface area contributed by atoms with E-state index >= 15 is 0 Å². The molecule has 1 aromatic rings.